The molecule has 1 fully saturated rings. The van der Waals surface area contributed by atoms with E-state index < -0.39 is 0 Å². The molecule has 5 nitrogen and oxygen atoms in total. The van der Waals surface area contributed by atoms with Crippen molar-refractivity contribution in [1.82, 2.24) is 4.90 Å². The number of likely N-dealkylation sites (N-methyl/N-ethyl adjacent to an activating group) is 1. The Morgan fingerprint density at radius 1 is 1.30 bits per heavy atom. The average Bonchev–Trinajstić information content (AvgIpc) is 2.54. The van der Waals surface area contributed by atoms with Crippen LogP contribution < -0.4 is 15.2 Å². The first kappa shape index (κ1) is 19.6. The molecule has 1 aliphatic rings. The molecule has 2 atom stereocenters. The minimum absolute atomic E-state index is 0. The normalized spacial score (nSPS) is 20.3. The van der Waals surface area contributed by atoms with Gasteiger partial charge in [-0.05, 0) is 31.4 Å². The molecule has 1 aromatic rings. The predicted molar refractivity (Wildman–Crippen MR) is 93.3 cm³/mol. The summed E-state index contributed by atoms with van der Waals surface area (Å²) in [7, 11) is 3.44. The molecule has 2 rings (SSSR count). The number of hydrogen-bond acceptors (Lipinski definition) is 4. The Hall–Kier alpha value is -1.46. The standard InChI is InChI=1S/C17H26N2O3.ClH/c1-19(17(20)13-6-5-7-14(18)12-13)10-11-22-16-9-4-3-8-15(16)21-2;/h3-4,8-9,13-14H,5-7,10-12,18H2,1-2H3;1H. The van der Waals surface area contributed by atoms with E-state index >= 15 is 0 Å². The van der Waals surface area contributed by atoms with Crippen LogP contribution in [0.2, 0.25) is 0 Å². The largest absolute Gasteiger partial charge is 0.493 e. The Balaban J connectivity index is 0.00000264. The van der Waals surface area contributed by atoms with Crippen molar-refractivity contribution in [2.75, 3.05) is 27.3 Å². The molecule has 0 aliphatic heterocycles. The topological polar surface area (TPSA) is 64.8 Å². The second kappa shape index (κ2) is 9.63. The first-order valence-electron chi connectivity index (χ1n) is 7.88. The molecule has 0 saturated heterocycles. The van der Waals surface area contributed by atoms with Gasteiger partial charge in [0.25, 0.3) is 0 Å². The molecule has 0 radical (unpaired) electrons. The van der Waals surface area contributed by atoms with E-state index in [0.29, 0.717) is 24.7 Å². The number of hydrogen-bond donors (Lipinski definition) is 1. The highest BCUT2D eigenvalue weighted by molar-refractivity contribution is 5.85. The number of amides is 1. The molecule has 1 aliphatic carbocycles. The summed E-state index contributed by atoms with van der Waals surface area (Å²) >= 11 is 0. The van der Waals surface area contributed by atoms with E-state index in [1.54, 1.807) is 12.0 Å². The zero-order valence-electron chi connectivity index (χ0n) is 13.9. The van der Waals surface area contributed by atoms with Gasteiger partial charge in [0.05, 0.1) is 13.7 Å². The summed E-state index contributed by atoms with van der Waals surface area (Å²) in [5, 5.41) is 0. The molecular weight excluding hydrogens is 316 g/mol. The molecule has 1 saturated carbocycles. The lowest BCUT2D eigenvalue weighted by atomic mass is 9.85. The van der Waals surface area contributed by atoms with Crippen molar-refractivity contribution in [2.45, 2.75) is 31.7 Å². The van der Waals surface area contributed by atoms with Crippen molar-refractivity contribution in [3.8, 4) is 11.5 Å². The summed E-state index contributed by atoms with van der Waals surface area (Å²) in [4.78, 5) is 14.1. The molecule has 130 valence electrons. The molecule has 6 heteroatoms. The molecule has 0 spiro atoms. The summed E-state index contributed by atoms with van der Waals surface area (Å²) in [6.07, 6.45) is 3.83. The highest BCUT2D eigenvalue weighted by Gasteiger charge is 2.27. The van der Waals surface area contributed by atoms with Crippen LogP contribution in [0.3, 0.4) is 0 Å². The van der Waals surface area contributed by atoms with E-state index in [1.165, 1.54) is 0 Å². The Morgan fingerprint density at radius 3 is 2.65 bits per heavy atom. The number of methoxy groups -OCH3 is 1. The molecule has 0 aromatic heterocycles. The summed E-state index contributed by atoms with van der Waals surface area (Å²) in [5.41, 5.74) is 5.96. The van der Waals surface area contributed by atoms with Gasteiger partial charge in [-0.3, -0.25) is 4.79 Å². The van der Waals surface area contributed by atoms with Crippen LogP contribution in [0.1, 0.15) is 25.7 Å². The maximum atomic E-state index is 12.4. The lowest BCUT2D eigenvalue weighted by molar-refractivity contribution is -0.135. The maximum absolute atomic E-state index is 12.4. The Morgan fingerprint density at radius 2 is 2.00 bits per heavy atom. The van der Waals surface area contributed by atoms with Gasteiger partial charge in [0.15, 0.2) is 11.5 Å². The second-order valence-electron chi connectivity index (χ2n) is 5.88. The summed E-state index contributed by atoms with van der Waals surface area (Å²) < 4.78 is 11.0. The number of carbonyl (C=O) groups excluding carboxylic acids is 1. The van der Waals surface area contributed by atoms with Crippen LogP contribution in [0.5, 0.6) is 11.5 Å². The van der Waals surface area contributed by atoms with E-state index in [0.717, 1.165) is 25.7 Å². The molecule has 1 aromatic carbocycles. The predicted octanol–water partition coefficient (Wildman–Crippen LogP) is 2.47. The number of rotatable bonds is 6. The Labute approximate surface area is 144 Å². The van der Waals surface area contributed by atoms with E-state index in [9.17, 15) is 4.79 Å². The Bertz CT molecular complexity index is 498. The van der Waals surface area contributed by atoms with Crippen molar-refractivity contribution in [1.29, 1.82) is 0 Å². The minimum atomic E-state index is 0. The molecule has 2 unspecified atom stereocenters. The zero-order chi connectivity index (χ0) is 15.9. The first-order chi connectivity index (χ1) is 10.6. The third-order valence-corrected chi connectivity index (χ3v) is 4.19. The quantitative estimate of drug-likeness (QED) is 0.862. The van der Waals surface area contributed by atoms with Crippen LogP contribution in [-0.2, 0) is 4.79 Å². The van der Waals surface area contributed by atoms with Crippen molar-refractivity contribution < 1.29 is 14.3 Å². The second-order valence-corrected chi connectivity index (χ2v) is 5.88. The fourth-order valence-electron chi connectivity index (χ4n) is 2.90. The van der Waals surface area contributed by atoms with Crippen LogP contribution in [0.25, 0.3) is 0 Å². The summed E-state index contributed by atoms with van der Waals surface area (Å²) in [6, 6.07) is 7.68. The summed E-state index contributed by atoms with van der Waals surface area (Å²) in [5.74, 6) is 1.65. The fourth-order valence-corrected chi connectivity index (χ4v) is 2.90. The van der Waals surface area contributed by atoms with E-state index in [-0.39, 0.29) is 30.3 Å². The number of carbonyl (C=O) groups is 1. The van der Waals surface area contributed by atoms with E-state index in [2.05, 4.69) is 0 Å². The zero-order valence-corrected chi connectivity index (χ0v) is 14.7. The smallest absolute Gasteiger partial charge is 0.225 e. The van der Waals surface area contributed by atoms with Gasteiger partial charge in [0.1, 0.15) is 6.61 Å². The highest BCUT2D eigenvalue weighted by Crippen LogP contribution is 2.26. The first-order valence-corrected chi connectivity index (χ1v) is 7.88. The number of benzene rings is 1. The number of ether oxygens (including phenoxy) is 2. The lowest BCUT2D eigenvalue weighted by Crippen LogP contribution is -2.40. The molecule has 0 heterocycles. The number of para-hydroxylation sites is 2. The van der Waals surface area contributed by atoms with Crippen molar-refractivity contribution >= 4 is 18.3 Å². The van der Waals surface area contributed by atoms with Crippen molar-refractivity contribution in [3.63, 3.8) is 0 Å². The highest BCUT2D eigenvalue weighted by atomic mass is 35.5. The molecule has 0 bridgehead atoms. The lowest BCUT2D eigenvalue weighted by Gasteiger charge is -2.29. The van der Waals surface area contributed by atoms with Crippen LogP contribution in [0.4, 0.5) is 0 Å². The third-order valence-electron chi connectivity index (χ3n) is 4.19. The summed E-state index contributed by atoms with van der Waals surface area (Å²) in [6.45, 7) is 1.00. The van der Waals surface area contributed by atoms with Gasteiger partial charge < -0.3 is 20.1 Å². The molecule has 1 amide bonds. The van der Waals surface area contributed by atoms with Gasteiger partial charge in [0, 0.05) is 19.0 Å². The maximum Gasteiger partial charge on any atom is 0.225 e. The molecule has 2 N–H and O–H groups in total. The Kier molecular flexibility index (Phi) is 8.20. The van der Waals surface area contributed by atoms with Gasteiger partial charge in [-0.1, -0.05) is 18.6 Å². The van der Waals surface area contributed by atoms with Gasteiger partial charge in [-0.2, -0.15) is 0 Å². The fraction of sp³-hybridized carbons (Fsp3) is 0.588. The molecule has 23 heavy (non-hydrogen) atoms. The van der Waals surface area contributed by atoms with Gasteiger partial charge in [0.2, 0.25) is 5.91 Å². The van der Waals surface area contributed by atoms with Gasteiger partial charge in [-0.15, -0.1) is 12.4 Å². The number of nitrogens with two attached hydrogens (primary N) is 1. The average molecular weight is 343 g/mol. The van der Waals surface area contributed by atoms with Crippen LogP contribution in [0, 0.1) is 5.92 Å². The van der Waals surface area contributed by atoms with Gasteiger partial charge >= 0.3 is 0 Å². The van der Waals surface area contributed by atoms with Crippen molar-refractivity contribution in [3.05, 3.63) is 24.3 Å². The van der Waals surface area contributed by atoms with Gasteiger partial charge in [-0.25, -0.2) is 0 Å². The number of nitrogens with zero attached hydrogens (tertiary/aromatic N) is 1. The van der Waals surface area contributed by atoms with Crippen LogP contribution in [0.15, 0.2) is 24.3 Å². The number of halogens is 1. The van der Waals surface area contributed by atoms with E-state index in [4.69, 9.17) is 15.2 Å². The molecular formula is C17H27ClN2O3. The van der Waals surface area contributed by atoms with Crippen LogP contribution in [-0.4, -0.2) is 44.2 Å². The third kappa shape index (κ3) is 5.59. The van der Waals surface area contributed by atoms with E-state index in [1.807, 2.05) is 31.3 Å². The van der Waals surface area contributed by atoms with Crippen LogP contribution >= 0.6 is 12.4 Å². The monoisotopic (exact) mass is 342 g/mol. The minimum Gasteiger partial charge on any atom is -0.493 e. The SMILES string of the molecule is COc1ccccc1OCCN(C)C(=O)C1CCCC(N)C1.Cl. The van der Waals surface area contributed by atoms with Crippen molar-refractivity contribution in [2.24, 2.45) is 11.7 Å².